The van der Waals surface area contributed by atoms with E-state index >= 15 is 0 Å². The van der Waals surface area contributed by atoms with E-state index in [9.17, 15) is 4.79 Å². The van der Waals surface area contributed by atoms with Crippen molar-refractivity contribution in [1.29, 1.82) is 0 Å². The highest BCUT2D eigenvalue weighted by molar-refractivity contribution is 7.99. The molecule has 1 rings (SSSR count). The number of carbonyl (C=O) groups is 1. The predicted molar refractivity (Wildman–Crippen MR) is 57.0 cm³/mol. The molecule has 0 spiro atoms. The van der Waals surface area contributed by atoms with E-state index < -0.39 is 0 Å². The van der Waals surface area contributed by atoms with Crippen molar-refractivity contribution in [2.24, 2.45) is 5.92 Å². The summed E-state index contributed by atoms with van der Waals surface area (Å²) in [6.07, 6.45) is 1.92. The van der Waals surface area contributed by atoms with Crippen molar-refractivity contribution in [2.75, 3.05) is 31.6 Å². The summed E-state index contributed by atoms with van der Waals surface area (Å²) in [6.45, 7) is 1.88. The van der Waals surface area contributed by atoms with Crippen molar-refractivity contribution in [3.05, 3.63) is 0 Å². The van der Waals surface area contributed by atoms with Gasteiger partial charge in [0.1, 0.15) is 0 Å². The molecule has 1 aliphatic heterocycles. The highest BCUT2D eigenvalue weighted by Crippen LogP contribution is 2.22. The van der Waals surface area contributed by atoms with E-state index in [1.807, 2.05) is 11.8 Å². The topological polar surface area (TPSA) is 41.1 Å². The molecular weight excluding hydrogens is 184 g/mol. The van der Waals surface area contributed by atoms with Gasteiger partial charge in [0.25, 0.3) is 0 Å². The Hall–Kier alpha value is -0.220. The van der Waals surface area contributed by atoms with Crippen LogP contribution in [0.15, 0.2) is 0 Å². The van der Waals surface area contributed by atoms with Gasteiger partial charge >= 0.3 is 0 Å². The molecule has 0 aromatic heterocycles. The van der Waals surface area contributed by atoms with Gasteiger partial charge in [-0.1, -0.05) is 0 Å². The predicted octanol–water partition coefficient (Wildman–Crippen LogP) is 0.465. The molecule has 1 saturated heterocycles. The summed E-state index contributed by atoms with van der Waals surface area (Å²) in [6, 6.07) is 0. The molecule has 1 aliphatic rings. The third kappa shape index (κ3) is 4.52. The van der Waals surface area contributed by atoms with Gasteiger partial charge in [-0.2, -0.15) is 11.8 Å². The average Bonchev–Trinajstić information content (AvgIpc) is 2.64. The molecule has 4 heteroatoms. The molecule has 1 atom stereocenters. The molecule has 76 valence electrons. The number of hydrogen-bond donors (Lipinski definition) is 2. The van der Waals surface area contributed by atoms with Crippen molar-refractivity contribution in [3.8, 4) is 0 Å². The second-order valence-electron chi connectivity index (χ2n) is 3.36. The third-order valence-corrected chi connectivity index (χ3v) is 3.50. The van der Waals surface area contributed by atoms with Crippen molar-refractivity contribution in [3.63, 3.8) is 0 Å². The van der Waals surface area contributed by atoms with Crippen LogP contribution < -0.4 is 10.6 Å². The van der Waals surface area contributed by atoms with E-state index in [0.717, 1.165) is 19.0 Å². The average molecular weight is 202 g/mol. The summed E-state index contributed by atoms with van der Waals surface area (Å²) in [7, 11) is 1.68. The zero-order chi connectivity index (χ0) is 9.52. The van der Waals surface area contributed by atoms with Crippen LogP contribution in [-0.2, 0) is 4.79 Å². The fraction of sp³-hybridized carbons (Fsp3) is 0.889. The second-order valence-corrected chi connectivity index (χ2v) is 4.51. The van der Waals surface area contributed by atoms with Crippen LogP contribution in [0.3, 0.4) is 0 Å². The summed E-state index contributed by atoms with van der Waals surface area (Å²) < 4.78 is 0. The third-order valence-electron chi connectivity index (χ3n) is 2.26. The van der Waals surface area contributed by atoms with E-state index in [1.54, 1.807) is 7.05 Å². The minimum atomic E-state index is 0.119. The number of nitrogens with one attached hydrogen (secondary N) is 2. The van der Waals surface area contributed by atoms with Gasteiger partial charge in [-0.15, -0.1) is 0 Å². The Kier molecular flexibility index (Phi) is 5.23. The Labute approximate surface area is 84.0 Å². The molecule has 0 bridgehead atoms. The summed E-state index contributed by atoms with van der Waals surface area (Å²) in [5.74, 6) is 3.54. The van der Waals surface area contributed by atoms with Gasteiger partial charge in [-0.3, -0.25) is 4.79 Å². The summed E-state index contributed by atoms with van der Waals surface area (Å²) in [5, 5.41) is 5.93. The van der Waals surface area contributed by atoms with Gasteiger partial charge < -0.3 is 10.6 Å². The van der Waals surface area contributed by atoms with Crippen LogP contribution in [0, 0.1) is 5.92 Å². The number of hydrogen-bond acceptors (Lipinski definition) is 3. The van der Waals surface area contributed by atoms with Gasteiger partial charge in [-0.05, 0) is 30.4 Å². The largest absolute Gasteiger partial charge is 0.359 e. The highest BCUT2D eigenvalue weighted by Gasteiger charge is 2.14. The second kappa shape index (κ2) is 6.27. The van der Waals surface area contributed by atoms with E-state index in [-0.39, 0.29) is 5.91 Å². The normalized spacial score (nSPS) is 21.8. The van der Waals surface area contributed by atoms with Gasteiger partial charge in [0.05, 0.1) is 0 Å². The number of amides is 1. The number of thioether (sulfide) groups is 1. The molecule has 2 N–H and O–H groups in total. The SMILES string of the molecule is CNC(=O)CCNCC1CCSC1. The molecule has 1 amide bonds. The highest BCUT2D eigenvalue weighted by atomic mass is 32.2. The van der Waals surface area contributed by atoms with Crippen molar-refractivity contribution in [2.45, 2.75) is 12.8 Å². The smallest absolute Gasteiger partial charge is 0.221 e. The lowest BCUT2D eigenvalue weighted by Crippen LogP contribution is -2.28. The maximum atomic E-state index is 10.9. The molecular formula is C9H18N2OS. The number of carbonyl (C=O) groups excluding carboxylic acids is 1. The Morgan fingerprint density at radius 2 is 2.46 bits per heavy atom. The zero-order valence-electron chi connectivity index (χ0n) is 8.14. The Balaban J connectivity index is 1.91. The summed E-state index contributed by atoms with van der Waals surface area (Å²) >= 11 is 2.03. The van der Waals surface area contributed by atoms with Crippen molar-refractivity contribution in [1.82, 2.24) is 10.6 Å². The van der Waals surface area contributed by atoms with Gasteiger partial charge in [0.15, 0.2) is 0 Å². The van der Waals surface area contributed by atoms with Gasteiger partial charge in [0.2, 0.25) is 5.91 Å². The van der Waals surface area contributed by atoms with E-state index in [4.69, 9.17) is 0 Å². The van der Waals surface area contributed by atoms with E-state index in [2.05, 4.69) is 10.6 Å². The quantitative estimate of drug-likeness (QED) is 0.637. The lowest BCUT2D eigenvalue weighted by Gasteiger charge is -2.08. The van der Waals surface area contributed by atoms with Crippen LogP contribution in [0.1, 0.15) is 12.8 Å². The number of rotatable bonds is 5. The molecule has 0 radical (unpaired) electrons. The first-order valence-corrected chi connectivity index (χ1v) is 5.97. The fourth-order valence-electron chi connectivity index (χ4n) is 1.38. The first-order valence-electron chi connectivity index (χ1n) is 4.82. The van der Waals surface area contributed by atoms with Crippen LogP contribution in [0.4, 0.5) is 0 Å². The minimum Gasteiger partial charge on any atom is -0.359 e. The van der Waals surface area contributed by atoms with Crippen LogP contribution in [0.2, 0.25) is 0 Å². The maximum absolute atomic E-state index is 10.9. The van der Waals surface area contributed by atoms with Crippen LogP contribution >= 0.6 is 11.8 Å². The Bertz CT molecular complexity index is 158. The molecule has 1 fully saturated rings. The lowest BCUT2D eigenvalue weighted by atomic mass is 10.1. The molecule has 0 saturated carbocycles. The van der Waals surface area contributed by atoms with Crippen molar-refractivity contribution < 1.29 is 4.79 Å². The molecule has 0 aromatic carbocycles. The van der Waals surface area contributed by atoms with E-state index in [0.29, 0.717) is 6.42 Å². The van der Waals surface area contributed by atoms with Crippen LogP contribution in [-0.4, -0.2) is 37.6 Å². The maximum Gasteiger partial charge on any atom is 0.221 e. The molecule has 13 heavy (non-hydrogen) atoms. The summed E-state index contributed by atoms with van der Waals surface area (Å²) in [5.41, 5.74) is 0. The first kappa shape index (κ1) is 10.9. The lowest BCUT2D eigenvalue weighted by molar-refractivity contribution is -0.120. The molecule has 0 aromatic rings. The zero-order valence-corrected chi connectivity index (χ0v) is 8.95. The Morgan fingerprint density at radius 3 is 3.08 bits per heavy atom. The monoisotopic (exact) mass is 202 g/mol. The van der Waals surface area contributed by atoms with Gasteiger partial charge in [-0.25, -0.2) is 0 Å². The summed E-state index contributed by atoms with van der Waals surface area (Å²) in [4.78, 5) is 10.9. The first-order chi connectivity index (χ1) is 6.33. The molecule has 0 aliphatic carbocycles. The van der Waals surface area contributed by atoms with E-state index in [1.165, 1.54) is 17.9 Å². The van der Waals surface area contributed by atoms with Crippen LogP contribution in [0.25, 0.3) is 0 Å². The fourth-order valence-corrected chi connectivity index (χ4v) is 2.66. The molecule has 3 nitrogen and oxygen atoms in total. The Morgan fingerprint density at radius 1 is 1.62 bits per heavy atom. The van der Waals surface area contributed by atoms with Crippen LogP contribution in [0.5, 0.6) is 0 Å². The molecule has 1 unspecified atom stereocenters. The van der Waals surface area contributed by atoms with Crippen molar-refractivity contribution >= 4 is 17.7 Å². The molecule has 1 heterocycles. The van der Waals surface area contributed by atoms with Gasteiger partial charge in [0, 0.05) is 20.0 Å². The standard InChI is InChI=1S/C9H18N2OS/c1-10-9(12)2-4-11-6-8-3-5-13-7-8/h8,11H,2-7H2,1H3,(H,10,12). The minimum absolute atomic E-state index is 0.119.